The number of fused-ring (bicyclic) bond motifs is 1. The van der Waals surface area contributed by atoms with Crippen molar-refractivity contribution in [1.29, 1.82) is 0 Å². The predicted molar refractivity (Wildman–Crippen MR) is 109 cm³/mol. The third-order valence-corrected chi connectivity index (χ3v) is 6.57. The van der Waals surface area contributed by atoms with Crippen molar-refractivity contribution in [3.05, 3.63) is 34.9 Å². The number of hydrogen-bond donors (Lipinski definition) is 3. The molecule has 2 fully saturated rings. The van der Waals surface area contributed by atoms with E-state index in [2.05, 4.69) is 28.9 Å². The summed E-state index contributed by atoms with van der Waals surface area (Å²) in [5, 5.41) is 9.33. The number of benzene rings is 1. The van der Waals surface area contributed by atoms with Crippen molar-refractivity contribution in [2.75, 3.05) is 19.6 Å². The summed E-state index contributed by atoms with van der Waals surface area (Å²) in [6, 6.07) is 5.38. The van der Waals surface area contributed by atoms with Gasteiger partial charge in [-0.1, -0.05) is 19.1 Å². The smallest absolute Gasteiger partial charge is 0.255 e. The van der Waals surface area contributed by atoms with Crippen LogP contribution >= 0.6 is 0 Å². The molecular weight excluding hydrogens is 368 g/mol. The molecule has 0 spiro atoms. The molecular formula is C22H30N4O3. The number of imide groups is 1. The Morgan fingerprint density at radius 2 is 1.97 bits per heavy atom. The number of amides is 3. The lowest BCUT2D eigenvalue weighted by Gasteiger charge is -2.29. The van der Waals surface area contributed by atoms with E-state index in [1.807, 2.05) is 12.1 Å². The highest BCUT2D eigenvalue weighted by molar-refractivity contribution is 6.05. The number of carbonyl (C=O) groups is 3. The first-order valence-corrected chi connectivity index (χ1v) is 10.7. The van der Waals surface area contributed by atoms with Gasteiger partial charge in [-0.25, -0.2) is 0 Å². The van der Waals surface area contributed by atoms with Crippen LogP contribution in [0.5, 0.6) is 0 Å². The first-order chi connectivity index (χ1) is 14.0. The van der Waals surface area contributed by atoms with Crippen molar-refractivity contribution >= 4 is 17.7 Å². The third-order valence-electron chi connectivity index (χ3n) is 6.57. The Hall–Kier alpha value is -2.25. The van der Waals surface area contributed by atoms with Gasteiger partial charge in [0, 0.05) is 25.1 Å². The topological polar surface area (TPSA) is 90.5 Å². The zero-order valence-electron chi connectivity index (χ0n) is 17.0. The molecule has 1 aromatic carbocycles. The Kier molecular flexibility index (Phi) is 5.96. The lowest BCUT2D eigenvalue weighted by molar-refractivity contribution is -0.136. The van der Waals surface area contributed by atoms with Crippen molar-refractivity contribution in [3.8, 4) is 0 Å². The quantitative estimate of drug-likeness (QED) is 0.626. The van der Waals surface area contributed by atoms with E-state index in [0.29, 0.717) is 24.4 Å². The predicted octanol–water partition coefficient (Wildman–Crippen LogP) is 1.17. The van der Waals surface area contributed by atoms with Gasteiger partial charge in [-0.2, -0.15) is 0 Å². The Labute approximate surface area is 171 Å². The fourth-order valence-electron chi connectivity index (χ4n) is 4.76. The van der Waals surface area contributed by atoms with Gasteiger partial charge >= 0.3 is 0 Å². The summed E-state index contributed by atoms with van der Waals surface area (Å²) in [7, 11) is 0. The van der Waals surface area contributed by atoms with E-state index < -0.39 is 6.04 Å². The minimum atomic E-state index is -0.556. The molecule has 3 aliphatic rings. The van der Waals surface area contributed by atoms with E-state index in [-0.39, 0.29) is 24.1 Å². The van der Waals surface area contributed by atoms with Gasteiger partial charge in [0.2, 0.25) is 11.8 Å². The van der Waals surface area contributed by atoms with Crippen LogP contribution in [0, 0.1) is 11.8 Å². The number of nitrogens with one attached hydrogen (secondary N) is 3. The van der Waals surface area contributed by atoms with Crippen LogP contribution in [0.4, 0.5) is 0 Å². The largest absolute Gasteiger partial charge is 0.322 e. The Bertz CT molecular complexity index is 803. The lowest BCUT2D eigenvalue weighted by atomic mass is 9.86. The average molecular weight is 399 g/mol. The molecule has 3 N–H and O–H groups in total. The van der Waals surface area contributed by atoms with Crippen molar-refractivity contribution < 1.29 is 14.4 Å². The Balaban J connectivity index is 1.33. The molecule has 7 nitrogen and oxygen atoms in total. The number of nitrogens with zero attached hydrogens (tertiary/aromatic N) is 1. The molecule has 3 heterocycles. The maximum Gasteiger partial charge on any atom is 0.255 e. The highest BCUT2D eigenvalue weighted by Gasteiger charge is 2.39. The van der Waals surface area contributed by atoms with Gasteiger partial charge in [0.05, 0.1) is 0 Å². The van der Waals surface area contributed by atoms with Gasteiger partial charge in [-0.05, 0) is 67.9 Å². The van der Waals surface area contributed by atoms with E-state index >= 15 is 0 Å². The van der Waals surface area contributed by atoms with Crippen LogP contribution in [0.2, 0.25) is 0 Å². The molecule has 3 amide bonds. The van der Waals surface area contributed by atoms with Crippen molar-refractivity contribution in [3.63, 3.8) is 0 Å². The zero-order valence-corrected chi connectivity index (χ0v) is 17.0. The van der Waals surface area contributed by atoms with E-state index in [1.54, 1.807) is 4.90 Å². The molecule has 2 saturated heterocycles. The SMILES string of the molecule is CC(CNCc1ccc2c(c1)CN(C1CCC(=O)NC1=O)C2=O)C1CCNCC1. The molecule has 0 radical (unpaired) electrons. The van der Waals surface area contributed by atoms with Gasteiger partial charge < -0.3 is 15.5 Å². The van der Waals surface area contributed by atoms with Gasteiger partial charge in [0.15, 0.2) is 0 Å². The molecule has 0 bridgehead atoms. The summed E-state index contributed by atoms with van der Waals surface area (Å²) >= 11 is 0. The molecule has 1 aromatic rings. The molecule has 156 valence electrons. The molecule has 0 aromatic heterocycles. The second-order valence-corrected chi connectivity index (χ2v) is 8.59. The molecule has 4 rings (SSSR count). The summed E-state index contributed by atoms with van der Waals surface area (Å²) in [4.78, 5) is 37.9. The summed E-state index contributed by atoms with van der Waals surface area (Å²) in [5.41, 5.74) is 2.78. The summed E-state index contributed by atoms with van der Waals surface area (Å²) in [6.07, 6.45) is 3.17. The van der Waals surface area contributed by atoms with Crippen LogP contribution in [0.3, 0.4) is 0 Å². The van der Waals surface area contributed by atoms with E-state index in [1.165, 1.54) is 12.8 Å². The Morgan fingerprint density at radius 3 is 2.72 bits per heavy atom. The summed E-state index contributed by atoms with van der Waals surface area (Å²) in [5.74, 6) is 0.687. The standard InChI is InChI=1S/C22H30N4O3/c1-14(16-6-8-23-9-7-16)11-24-12-15-2-3-18-17(10-15)13-26(22(18)29)19-4-5-20(27)25-21(19)28/h2-3,10,14,16,19,23-24H,4-9,11-13H2,1H3,(H,25,27,28). The number of hydrogen-bond acceptors (Lipinski definition) is 5. The van der Waals surface area contributed by atoms with Crippen LogP contribution < -0.4 is 16.0 Å². The summed E-state index contributed by atoms with van der Waals surface area (Å²) < 4.78 is 0. The molecule has 0 aliphatic carbocycles. The molecule has 7 heteroatoms. The highest BCUT2D eigenvalue weighted by atomic mass is 16.2. The zero-order chi connectivity index (χ0) is 20.4. The maximum absolute atomic E-state index is 12.8. The van der Waals surface area contributed by atoms with Gasteiger partial charge in [0.25, 0.3) is 5.91 Å². The maximum atomic E-state index is 12.8. The average Bonchev–Trinajstić information content (AvgIpc) is 3.04. The van der Waals surface area contributed by atoms with Crippen molar-refractivity contribution in [1.82, 2.24) is 20.9 Å². The van der Waals surface area contributed by atoms with Crippen LogP contribution in [-0.2, 0) is 22.7 Å². The van der Waals surface area contributed by atoms with Gasteiger partial charge in [-0.3, -0.25) is 19.7 Å². The second-order valence-electron chi connectivity index (χ2n) is 8.59. The fraction of sp³-hybridized carbons (Fsp3) is 0.591. The van der Waals surface area contributed by atoms with Crippen molar-refractivity contribution in [2.45, 2.75) is 51.7 Å². The molecule has 29 heavy (non-hydrogen) atoms. The molecule has 0 saturated carbocycles. The van der Waals surface area contributed by atoms with Crippen LogP contribution in [-0.4, -0.2) is 48.3 Å². The Morgan fingerprint density at radius 1 is 1.17 bits per heavy atom. The monoisotopic (exact) mass is 398 g/mol. The van der Waals surface area contributed by atoms with E-state index in [9.17, 15) is 14.4 Å². The number of piperidine rings is 2. The van der Waals surface area contributed by atoms with Crippen LogP contribution in [0.15, 0.2) is 18.2 Å². The third kappa shape index (κ3) is 4.36. The number of carbonyl (C=O) groups excluding carboxylic acids is 3. The van der Waals surface area contributed by atoms with Gasteiger partial charge in [0.1, 0.15) is 6.04 Å². The minimum Gasteiger partial charge on any atom is -0.322 e. The van der Waals surface area contributed by atoms with Crippen LogP contribution in [0.1, 0.15) is 54.1 Å². The van der Waals surface area contributed by atoms with Crippen molar-refractivity contribution in [2.24, 2.45) is 11.8 Å². The molecule has 2 unspecified atom stereocenters. The summed E-state index contributed by atoms with van der Waals surface area (Å²) in [6.45, 7) is 6.76. The van der Waals surface area contributed by atoms with E-state index in [4.69, 9.17) is 0 Å². The minimum absolute atomic E-state index is 0.117. The fourth-order valence-corrected chi connectivity index (χ4v) is 4.76. The van der Waals surface area contributed by atoms with Gasteiger partial charge in [-0.15, -0.1) is 0 Å². The van der Waals surface area contributed by atoms with E-state index in [0.717, 1.165) is 43.2 Å². The van der Waals surface area contributed by atoms with Crippen LogP contribution in [0.25, 0.3) is 0 Å². The lowest BCUT2D eigenvalue weighted by Crippen LogP contribution is -2.52. The first-order valence-electron chi connectivity index (χ1n) is 10.7. The highest BCUT2D eigenvalue weighted by Crippen LogP contribution is 2.28. The molecule has 3 aliphatic heterocycles. The second kappa shape index (κ2) is 8.63. The normalized spacial score (nSPS) is 23.8. The first kappa shape index (κ1) is 20.0. The molecule has 2 atom stereocenters. The number of rotatable bonds is 6.